The van der Waals surface area contributed by atoms with Gasteiger partial charge in [0.15, 0.2) is 0 Å². The van der Waals surface area contributed by atoms with Gasteiger partial charge in [-0.1, -0.05) is 11.6 Å². The first-order chi connectivity index (χ1) is 7.63. The van der Waals surface area contributed by atoms with Gasteiger partial charge in [-0.05, 0) is 30.2 Å². The van der Waals surface area contributed by atoms with Crippen LogP contribution in [0.25, 0.3) is 0 Å². The lowest BCUT2D eigenvalue weighted by Gasteiger charge is -2.31. The summed E-state index contributed by atoms with van der Waals surface area (Å²) in [6, 6.07) is 5.65. The lowest BCUT2D eigenvalue weighted by atomic mass is 9.90. The van der Waals surface area contributed by atoms with Crippen molar-refractivity contribution in [3.05, 3.63) is 28.8 Å². The van der Waals surface area contributed by atoms with Crippen LogP contribution >= 0.6 is 11.6 Å². The largest absolute Gasteiger partial charge is 0.469 e. The van der Waals surface area contributed by atoms with E-state index in [9.17, 15) is 4.79 Å². The Hall–Kier alpha value is -1.22. The normalized spacial score (nSPS) is 19.2. The van der Waals surface area contributed by atoms with E-state index in [0.717, 1.165) is 24.2 Å². The zero-order valence-electron chi connectivity index (χ0n) is 9.37. The van der Waals surface area contributed by atoms with E-state index in [-0.39, 0.29) is 11.9 Å². The second kappa shape index (κ2) is 4.34. The SMILES string of the molecule is COC(=O)C1CCN(C)c2ccc(Cl)cc21. The van der Waals surface area contributed by atoms with Gasteiger partial charge in [-0.3, -0.25) is 4.79 Å². The molecule has 1 aromatic rings. The molecule has 16 heavy (non-hydrogen) atoms. The molecule has 0 radical (unpaired) electrons. The first-order valence-electron chi connectivity index (χ1n) is 5.22. The molecule has 0 N–H and O–H groups in total. The van der Waals surface area contributed by atoms with Crippen molar-refractivity contribution >= 4 is 23.3 Å². The summed E-state index contributed by atoms with van der Waals surface area (Å²) >= 11 is 5.97. The highest BCUT2D eigenvalue weighted by atomic mass is 35.5. The molecular weight excluding hydrogens is 226 g/mol. The summed E-state index contributed by atoms with van der Waals surface area (Å²) in [7, 11) is 3.44. The summed E-state index contributed by atoms with van der Waals surface area (Å²) in [5.41, 5.74) is 2.03. The number of ether oxygens (including phenoxy) is 1. The number of hydrogen-bond donors (Lipinski definition) is 0. The predicted octanol–water partition coefficient (Wildman–Crippen LogP) is 2.44. The molecule has 86 valence electrons. The fraction of sp³-hybridized carbons (Fsp3) is 0.417. The number of nitrogens with zero attached hydrogens (tertiary/aromatic N) is 1. The number of carbonyl (C=O) groups is 1. The van der Waals surface area contributed by atoms with E-state index >= 15 is 0 Å². The highest BCUT2D eigenvalue weighted by Crippen LogP contribution is 2.36. The van der Waals surface area contributed by atoms with Gasteiger partial charge in [-0.25, -0.2) is 0 Å². The minimum Gasteiger partial charge on any atom is -0.469 e. The summed E-state index contributed by atoms with van der Waals surface area (Å²) in [4.78, 5) is 13.8. The van der Waals surface area contributed by atoms with Gasteiger partial charge in [0.05, 0.1) is 13.0 Å². The van der Waals surface area contributed by atoms with Gasteiger partial charge in [0.1, 0.15) is 0 Å². The molecule has 0 fully saturated rings. The molecule has 0 saturated heterocycles. The van der Waals surface area contributed by atoms with Crippen LogP contribution in [0.2, 0.25) is 5.02 Å². The fourth-order valence-corrected chi connectivity index (χ4v) is 2.32. The lowest BCUT2D eigenvalue weighted by molar-refractivity contribution is -0.142. The van der Waals surface area contributed by atoms with Gasteiger partial charge in [0.25, 0.3) is 0 Å². The second-order valence-corrected chi connectivity index (χ2v) is 4.43. The molecular formula is C12H14ClNO2. The third kappa shape index (κ3) is 1.87. The third-order valence-corrected chi connectivity index (χ3v) is 3.25. The van der Waals surface area contributed by atoms with Gasteiger partial charge < -0.3 is 9.64 Å². The average molecular weight is 240 g/mol. The Morgan fingerprint density at radius 1 is 1.56 bits per heavy atom. The first-order valence-corrected chi connectivity index (χ1v) is 5.59. The van der Waals surface area contributed by atoms with Crippen molar-refractivity contribution in [2.24, 2.45) is 0 Å². The number of methoxy groups -OCH3 is 1. The monoisotopic (exact) mass is 239 g/mol. The van der Waals surface area contributed by atoms with Crippen LogP contribution < -0.4 is 4.90 Å². The van der Waals surface area contributed by atoms with Crippen LogP contribution in [0.4, 0.5) is 5.69 Å². The van der Waals surface area contributed by atoms with Crippen molar-refractivity contribution in [2.45, 2.75) is 12.3 Å². The molecule has 3 nitrogen and oxygen atoms in total. The van der Waals surface area contributed by atoms with E-state index in [1.54, 1.807) is 0 Å². The number of rotatable bonds is 1. The molecule has 1 atom stereocenters. The molecule has 0 aliphatic carbocycles. The molecule has 4 heteroatoms. The summed E-state index contributed by atoms with van der Waals surface area (Å²) in [5.74, 6) is -0.369. The maximum absolute atomic E-state index is 11.7. The maximum atomic E-state index is 11.7. The van der Waals surface area contributed by atoms with E-state index in [0.29, 0.717) is 5.02 Å². The number of carbonyl (C=O) groups excluding carboxylic acids is 1. The summed E-state index contributed by atoms with van der Waals surface area (Å²) in [5, 5.41) is 0.656. The Morgan fingerprint density at radius 2 is 2.31 bits per heavy atom. The van der Waals surface area contributed by atoms with Crippen LogP contribution in [0.15, 0.2) is 18.2 Å². The van der Waals surface area contributed by atoms with Gasteiger partial charge in [0.2, 0.25) is 0 Å². The third-order valence-electron chi connectivity index (χ3n) is 3.02. The minimum atomic E-state index is -0.185. The van der Waals surface area contributed by atoms with E-state index in [1.165, 1.54) is 7.11 Å². The quantitative estimate of drug-likeness (QED) is 0.705. The molecule has 0 aromatic heterocycles. The maximum Gasteiger partial charge on any atom is 0.313 e. The molecule has 1 aliphatic rings. The molecule has 1 heterocycles. The molecule has 2 rings (SSSR count). The molecule has 1 aliphatic heterocycles. The van der Waals surface area contributed by atoms with Gasteiger partial charge in [-0.2, -0.15) is 0 Å². The van der Waals surface area contributed by atoms with Crippen molar-refractivity contribution in [3.8, 4) is 0 Å². The van der Waals surface area contributed by atoms with Gasteiger partial charge in [-0.15, -0.1) is 0 Å². The molecule has 0 bridgehead atoms. The summed E-state index contributed by atoms with van der Waals surface area (Å²) in [6.07, 6.45) is 0.774. The number of esters is 1. The highest BCUT2D eigenvalue weighted by molar-refractivity contribution is 6.30. The van der Waals surface area contributed by atoms with Crippen LogP contribution in [0.3, 0.4) is 0 Å². The van der Waals surface area contributed by atoms with Crippen LogP contribution in [0.1, 0.15) is 17.9 Å². The van der Waals surface area contributed by atoms with Crippen molar-refractivity contribution in [1.82, 2.24) is 0 Å². The standard InChI is InChI=1S/C12H14ClNO2/c1-14-6-5-9(12(15)16-2)10-7-8(13)3-4-11(10)14/h3-4,7,9H,5-6H2,1-2H3. The molecule has 1 aromatic carbocycles. The Bertz CT molecular complexity index is 419. The topological polar surface area (TPSA) is 29.5 Å². The van der Waals surface area contributed by atoms with Crippen molar-refractivity contribution < 1.29 is 9.53 Å². The van der Waals surface area contributed by atoms with Crippen LogP contribution in [-0.2, 0) is 9.53 Å². The highest BCUT2D eigenvalue weighted by Gasteiger charge is 2.29. The van der Waals surface area contributed by atoms with E-state index in [2.05, 4.69) is 4.90 Å². The molecule has 0 saturated carbocycles. The van der Waals surface area contributed by atoms with E-state index in [4.69, 9.17) is 16.3 Å². The summed E-state index contributed by atoms with van der Waals surface area (Å²) in [6.45, 7) is 0.856. The fourth-order valence-electron chi connectivity index (χ4n) is 2.14. The molecule has 0 spiro atoms. The number of hydrogen-bond acceptors (Lipinski definition) is 3. The zero-order chi connectivity index (χ0) is 11.7. The van der Waals surface area contributed by atoms with Crippen LogP contribution in [0.5, 0.6) is 0 Å². The van der Waals surface area contributed by atoms with Crippen molar-refractivity contribution in [2.75, 3.05) is 25.6 Å². The Balaban J connectivity index is 2.45. The average Bonchev–Trinajstić information content (AvgIpc) is 2.28. The number of anilines is 1. The first kappa shape index (κ1) is 11.3. The number of fused-ring (bicyclic) bond motifs is 1. The van der Waals surface area contributed by atoms with E-state index in [1.807, 2.05) is 25.2 Å². The van der Waals surface area contributed by atoms with Gasteiger partial charge >= 0.3 is 5.97 Å². The minimum absolute atomic E-state index is 0.184. The Morgan fingerprint density at radius 3 is 3.00 bits per heavy atom. The van der Waals surface area contributed by atoms with E-state index < -0.39 is 0 Å². The Kier molecular flexibility index (Phi) is 3.06. The predicted molar refractivity (Wildman–Crippen MR) is 64.1 cm³/mol. The van der Waals surface area contributed by atoms with Gasteiger partial charge in [0, 0.05) is 24.3 Å². The molecule has 0 amide bonds. The van der Waals surface area contributed by atoms with Crippen LogP contribution in [-0.4, -0.2) is 26.7 Å². The molecule has 1 unspecified atom stereocenters. The zero-order valence-corrected chi connectivity index (χ0v) is 10.1. The van der Waals surface area contributed by atoms with Crippen molar-refractivity contribution in [3.63, 3.8) is 0 Å². The van der Waals surface area contributed by atoms with Crippen molar-refractivity contribution in [1.29, 1.82) is 0 Å². The smallest absolute Gasteiger partial charge is 0.313 e. The lowest BCUT2D eigenvalue weighted by Crippen LogP contribution is -2.30. The summed E-state index contributed by atoms with van der Waals surface area (Å²) < 4.78 is 4.82. The Labute approximate surface area is 100.0 Å². The number of benzene rings is 1. The number of halogens is 1. The second-order valence-electron chi connectivity index (χ2n) is 3.99. The van der Waals surface area contributed by atoms with Crippen LogP contribution in [0, 0.1) is 0 Å².